The van der Waals surface area contributed by atoms with Crippen molar-refractivity contribution in [2.24, 2.45) is 0 Å². The summed E-state index contributed by atoms with van der Waals surface area (Å²) in [6.07, 6.45) is 0. The third-order valence-corrected chi connectivity index (χ3v) is 5.95. The van der Waals surface area contributed by atoms with Gasteiger partial charge in [0, 0.05) is 7.05 Å². The number of aromatic nitrogens is 1. The first-order chi connectivity index (χ1) is 12.5. The Morgan fingerprint density at radius 3 is 2.85 bits per heavy atom. The summed E-state index contributed by atoms with van der Waals surface area (Å²) in [4.78, 5) is 30.1. The van der Waals surface area contributed by atoms with Crippen molar-refractivity contribution < 1.29 is 18.7 Å². The van der Waals surface area contributed by atoms with Gasteiger partial charge < -0.3 is 14.1 Å². The number of aryl methyl sites for hydroxylation is 1. The Balaban J connectivity index is 1.58. The predicted molar refractivity (Wildman–Crippen MR) is 102 cm³/mol. The number of hydrogen-bond acceptors (Lipinski definition) is 7. The Hall–Kier alpha value is -2.32. The van der Waals surface area contributed by atoms with E-state index in [1.807, 2.05) is 24.3 Å². The zero-order valence-electron chi connectivity index (χ0n) is 14.6. The summed E-state index contributed by atoms with van der Waals surface area (Å²) in [5.41, 5.74) is 1.33. The summed E-state index contributed by atoms with van der Waals surface area (Å²) in [5.74, 6) is 0.834. The molecule has 0 unspecified atom stereocenters. The number of nitrogens with zero attached hydrogens (tertiary/aromatic N) is 2. The number of methoxy groups -OCH3 is 1. The molecule has 26 heavy (non-hydrogen) atoms. The van der Waals surface area contributed by atoms with Crippen LogP contribution in [0.5, 0.6) is 0 Å². The molecule has 136 valence electrons. The van der Waals surface area contributed by atoms with Gasteiger partial charge in [0.2, 0.25) is 5.91 Å². The van der Waals surface area contributed by atoms with Gasteiger partial charge in [0.1, 0.15) is 17.1 Å². The molecule has 0 fully saturated rings. The maximum absolute atomic E-state index is 12.4. The van der Waals surface area contributed by atoms with Crippen LogP contribution in [0.2, 0.25) is 0 Å². The smallest absolute Gasteiger partial charge is 0.341 e. The van der Waals surface area contributed by atoms with Crippen LogP contribution in [0.4, 0.5) is 0 Å². The molecule has 2 aromatic heterocycles. The molecule has 0 aliphatic heterocycles. The van der Waals surface area contributed by atoms with E-state index >= 15 is 0 Å². The molecule has 0 radical (unpaired) electrons. The molecular formula is C18H18N2O4S2. The van der Waals surface area contributed by atoms with Crippen LogP contribution in [0.1, 0.15) is 21.9 Å². The average molecular weight is 390 g/mol. The number of para-hydroxylation sites is 1. The SMILES string of the molecule is COC(=O)c1cc(CN(C)C(=O)CSc2nc3ccccc3s2)oc1C. The molecule has 0 bridgehead atoms. The van der Waals surface area contributed by atoms with Gasteiger partial charge in [-0.25, -0.2) is 9.78 Å². The van der Waals surface area contributed by atoms with Crippen molar-refractivity contribution in [3.05, 3.63) is 47.4 Å². The summed E-state index contributed by atoms with van der Waals surface area (Å²) in [5, 5.41) is 0. The Labute approximate surface area is 159 Å². The zero-order valence-corrected chi connectivity index (χ0v) is 16.3. The standard InChI is InChI=1S/C18H18N2O4S2/c1-11-13(17(22)23-3)8-12(24-11)9-20(2)16(21)10-25-18-19-14-6-4-5-7-15(14)26-18/h4-8H,9-10H2,1-3H3. The van der Waals surface area contributed by atoms with E-state index in [1.165, 1.54) is 18.9 Å². The number of benzene rings is 1. The maximum atomic E-state index is 12.4. The van der Waals surface area contributed by atoms with Crippen molar-refractivity contribution in [3.63, 3.8) is 0 Å². The van der Waals surface area contributed by atoms with Gasteiger partial charge in [0.15, 0.2) is 4.34 Å². The molecule has 1 amide bonds. The van der Waals surface area contributed by atoms with Crippen LogP contribution in [-0.4, -0.2) is 41.7 Å². The second kappa shape index (κ2) is 7.92. The lowest BCUT2D eigenvalue weighted by molar-refractivity contribution is -0.127. The molecule has 6 nitrogen and oxygen atoms in total. The first-order valence-electron chi connectivity index (χ1n) is 7.88. The van der Waals surface area contributed by atoms with Crippen molar-refractivity contribution in [1.82, 2.24) is 9.88 Å². The van der Waals surface area contributed by atoms with Crippen LogP contribution < -0.4 is 0 Å². The van der Waals surface area contributed by atoms with Gasteiger partial charge in [-0.2, -0.15) is 0 Å². The van der Waals surface area contributed by atoms with E-state index in [0.29, 0.717) is 22.8 Å². The van der Waals surface area contributed by atoms with Gasteiger partial charge in [0.05, 0.1) is 29.6 Å². The highest BCUT2D eigenvalue weighted by Gasteiger charge is 2.18. The number of carbonyl (C=O) groups excluding carboxylic acids is 2. The van der Waals surface area contributed by atoms with Gasteiger partial charge in [-0.1, -0.05) is 23.9 Å². The fourth-order valence-electron chi connectivity index (χ4n) is 2.40. The van der Waals surface area contributed by atoms with Crippen LogP contribution >= 0.6 is 23.1 Å². The lowest BCUT2D eigenvalue weighted by Gasteiger charge is -2.14. The van der Waals surface area contributed by atoms with Gasteiger partial charge in [-0.3, -0.25) is 4.79 Å². The minimum atomic E-state index is -0.446. The van der Waals surface area contributed by atoms with E-state index < -0.39 is 5.97 Å². The minimum absolute atomic E-state index is 0.0390. The van der Waals surface area contributed by atoms with E-state index in [-0.39, 0.29) is 12.5 Å². The third kappa shape index (κ3) is 4.08. The molecule has 0 aliphatic rings. The number of carbonyl (C=O) groups is 2. The molecule has 0 saturated carbocycles. The molecule has 0 atom stereocenters. The van der Waals surface area contributed by atoms with E-state index in [1.54, 1.807) is 36.3 Å². The second-order valence-corrected chi connectivity index (χ2v) is 7.91. The maximum Gasteiger partial charge on any atom is 0.341 e. The summed E-state index contributed by atoms with van der Waals surface area (Å²) in [7, 11) is 3.03. The number of thiazole rings is 1. The number of esters is 1. The second-order valence-electron chi connectivity index (χ2n) is 5.66. The first-order valence-corrected chi connectivity index (χ1v) is 9.68. The zero-order chi connectivity index (χ0) is 18.7. The van der Waals surface area contributed by atoms with Gasteiger partial charge >= 0.3 is 5.97 Å². The molecule has 0 saturated heterocycles. The molecule has 2 heterocycles. The van der Waals surface area contributed by atoms with Crippen LogP contribution in [0, 0.1) is 6.92 Å². The molecule has 3 aromatic rings. The van der Waals surface area contributed by atoms with Crippen molar-refractivity contribution in [2.75, 3.05) is 19.9 Å². The molecule has 8 heteroatoms. The molecule has 3 rings (SSSR count). The average Bonchev–Trinajstić information content (AvgIpc) is 3.21. The number of furan rings is 1. The van der Waals surface area contributed by atoms with Crippen molar-refractivity contribution in [2.45, 2.75) is 17.8 Å². The van der Waals surface area contributed by atoms with Gasteiger partial charge in [-0.15, -0.1) is 11.3 Å². The molecular weight excluding hydrogens is 372 g/mol. The van der Waals surface area contributed by atoms with E-state index in [0.717, 1.165) is 14.6 Å². The highest BCUT2D eigenvalue weighted by molar-refractivity contribution is 8.01. The van der Waals surface area contributed by atoms with Gasteiger partial charge in [0.25, 0.3) is 0 Å². The number of ether oxygens (including phenoxy) is 1. The topological polar surface area (TPSA) is 72.6 Å². The fourth-order valence-corrected chi connectivity index (χ4v) is 4.41. The Bertz CT molecular complexity index is 915. The first kappa shape index (κ1) is 18.5. The number of fused-ring (bicyclic) bond motifs is 1. The third-order valence-electron chi connectivity index (χ3n) is 3.79. The van der Waals surface area contributed by atoms with E-state index in [9.17, 15) is 9.59 Å². The lowest BCUT2D eigenvalue weighted by Crippen LogP contribution is -2.27. The van der Waals surface area contributed by atoms with Crippen LogP contribution in [0.25, 0.3) is 10.2 Å². The summed E-state index contributed by atoms with van der Waals surface area (Å²) < 4.78 is 12.2. The fraction of sp³-hybridized carbons (Fsp3) is 0.278. The molecule has 1 aromatic carbocycles. The number of amides is 1. The van der Waals surface area contributed by atoms with Gasteiger partial charge in [-0.05, 0) is 25.1 Å². The number of rotatable bonds is 6. The number of thioether (sulfide) groups is 1. The van der Waals surface area contributed by atoms with Crippen LogP contribution in [0.3, 0.4) is 0 Å². The summed E-state index contributed by atoms with van der Waals surface area (Å²) >= 11 is 3.00. The molecule has 0 spiro atoms. The van der Waals surface area contributed by atoms with Crippen LogP contribution in [0.15, 0.2) is 39.1 Å². The Kier molecular flexibility index (Phi) is 5.63. The monoisotopic (exact) mass is 390 g/mol. The Morgan fingerprint density at radius 2 is 2.12 bits per heavy atom. The van der Waals surface area contributed by atoms with Crippen molar-refractivity contribution in [3.8, 4) is 0 Å². The highest BCUT2D eigenvalue weighted by Crippen LogP contribution is 2.29. The van der Waals surface area contributed by atoms with E-state index in [2.05, 4.69) is 4.98 Å². The Morgan fingerprint density at radius 1 is 1.35 bits per heavy atom. The highest BCUT2D eigenvalue weighted by atomic mass is 32.2. The largest absolute Gasteiger partial charge is 0.465 e. The molecule has 0 N–H and O–H groups in total. The predicted octanol–water partition coefficient (Wildman–Crippen LogP) is 3.74. The van der Waals surface area contributed by atoms with Crippen LogP contribution in [-0.2, 0) is 16.1 Å². The summed E-state index contributed by atoms with van der Waals surface area (Å²) in [6.45, 7) is 1.98. The molecule has 0 aliphatic carbocycles. The van der Waals surface area contributed by atoms with E-state index in [4.69, 9.17) is 9.15 Å². The van der Waals surface area contributed by atoms with Crippen molar-refractivity contribution >= 4 is 45.2 Å². The normalized spacial score (nSPS) is 10.9. The number of hydrogen-bond donors (Lipinski definition) is 0. The summed E-state index contributed by atoms with van der Waals surface area (Å²) in [6, 6.07) is 9.52. The quantitative estimate of drug-likeness (QED) is 0.472. The van der Waals surface area contributed by atoms with Crippen molar-refractivity contribution in [1.29, 1.82) is 0 Å². The minimum Gasteiger partial charge on any atom is -0.465 e. The lowest BCUT2D eigenvalue weighted by atomic mass is 10.2.